The predicted octanol–water partition coefficient (Wildman–Crippen LogP) is 3.89. The molecule has 39 heavy (non-hydrogen) atoms. The van der Waals surface area contributed by atoms with Gasteiger partial charge < -0.3 is 33.9 Å². The third-order valence-corrected chi connectivity index (χ3v) is 3.80. The van der Waals surface area contributed by atoms with Crippen LogP contribution < -0.4 is 0 Å². The van der Waals surface area contributed by atoms with Crippen molar-refractivity contribution < 1.29 is 67.4 Å². The molecule has 220 valence electrons. The number of rotatable bonds is 9. The Morgan fingerprint density at radius 1 is 0.872 bits per heavy atom. The molecule has 2 N–H and O–H groups in total. The van der Waals surface area contributed by atoms with Gasteiger partial charge in [-0.1, -0.05) is 24.3 Å². The third-order valence-electron chi connectivity index (χ3n) is 3.80. The van der Waals surface area contributed by atoms with E-state index in [-0.39, 0.29) is 19.2 Å². The van der Waals surface area contributed by atoms with Gasteiger partial charge >= 0.3 is 19.5 Å². The van der Waals surface area contributed by atoms with Gasteiger partial charge in [0.05, 0.1) is 75.8 Å². The summed E-state index contributed by atoms with van der Waals surface area (Å²) >= 11 is 0. The highest BCUT2D eigenvalue weighted by Crippen LogP contribution is 2.07. The normalized spacial score (nSPS) is 16.7. The summed E-state index contributed by atoms with van der Waals surface area (Å²) in [7, 11) is -1.07. The van der Waals surface area contributed by atoms with Gasteiger partial charge in [-0.3, -0.25) is 12.9 Å². The minimum absolute atomic E-state index is 0.0124. The summed E-state index contributed by atoms with van der Waals surface area (Å²) in [5, 5.41) is 17.7. The second kappa shape index (κ2) is 26.6. The molecule has 0 spiro atoms. The molecule has 0 unspecified atom stereocenters. The lowest BCUT2D eigenvalue weighted by Crippen LogP contribution is -2.02. The maximum Gasteiger partial charge on any atom is 0.762 e. The molecule has 9 nitrogen and oxygen atoms in total. The SMILES string of the molecule is CCOCC.COC(=O)c1ccc(CO)cc1.FB(F)F.[2H]C([2H])(O)C([2H])([2H])OCc1ccc(C(=O)OC)cc1.[2H]C1([2H])OC1([2H])[2H]. The molecule has 13 heteroatoms. The van der Waals surface area contributed by atoms with Crippen LogP contribution in [0.15, 0.2) is 48.5 Å². The van der Waals surface area contributed by atoms with E-state index in [4.69, 9.17) is 30.7 Å². The number of epoxide rings is 1. The predicted molar refractivity (Wildman–Crippen MR) is 140 cm³/mol. The van der Waals surface area contributed by atoms with Crippen LogP contribution in [-0.4, -0.2) is 83.4 Å². The number of hydrogen-bond donors (Lipinski definition) is 2. The zero-order chi connectivity index (χ0) is 37.1. The van der Waals surface area contributed by atoms with Crippen LogP contribution in [0.1, 0.15) is 56.7 Å². The Hall–Kier alpha value is -2.97. The molecule has 1 aliphatic heterocycles. The molecule has 0 saturated carbocycles. The van der Waals surface area contributed by atoms with Crippen molar-refractivity contribution in [1.82, 2.24) is 0 Å². The van der Waals surface area contributed by atoms with Crippen LogP contribution in [0.5, 0.6) is 0 Å². The highest BCUT2D eigenvalue weighted by Gasteiger charge is 2.06. The van der Waals surface area contributed by atoms with Crippen LogP contribution in [0.25, 0.3) is 0 Å². The summed E-state index contributed by atoms with van der Waals surface area (Å²) < 4.78 is 106. The van der Waals surface area contributed by atoms with E-state index in [2.05, 4.69) is 14.2 Å². The number of carbonyl (C=O) groups is 2. The number of ether oxygens (including phenoxy) is 5. The average molecular weight is 570 g/mol. The highest BCUT2D eigenvalue weighted by atomic mass is 19.4. The van der Waals surface area contributed by atoms with E-state index < -0.39 is 39.7 Å². The number of methoxy groups -OCH3 is 2. The first-order valence-corrected chi connectivity index (χ1v) is 11.1. The Bertz CT molecular complexity index is 1160. The van der Waals surface area contributed by atoms with Gasteiger partial charge in [0.25, 0.3) is 0 Å². The number of halogens is 3. The summed E-state index contributed by atoms with van der Waals surface area (Å²) in [6.07, 6.45) is 0. The molecular weight excluding hydrogens is 524 g/mol. The van der Waals surface area contributed by atoms with E-state index in [1.54, 1.807) is 24.3 Å². The fraction of sp³-hybridized carbons (Fsp3) is 0.462. The molecule has 1 fully saturated rings. The first-order chi connectivity index (χ1) is 21.5. The van der Waals surface area contributed by atoms with Crippen LogP contribution in [0, 0.1) is 0 Å². The number of carbonyl (C=O) groups excluding carboxylic acids is 2. The Labute approximate surface area is 239 Å². The van der Waals surface area contributed by atoms with Crippen LogP contribution in [0.2, 0.25) is 0 Å². The van der Waals surface area contributed by atoms with Gasteiger partial charge in [0.2, 0.25) is 0 Å². The van der Waals surface area contributed by atoms with Crippen LogP contribution in [0.4, 0.5) is 12.9 Å². The molecule has 0 aliphatic carbocycles. The van der Waals surface area contributed by atoms with Crippen molar-refractivity contribution in [2.75, 3.05) is 53.7 Å². The lowest BCUT2D eigenvalue weighted by Gasteiger charge is -2.03. The minimum atomic E-state index is -3.67. The number of esters is 2. The molecule has 0 bridgehead atoms. The summed E-state index contributed by atoms with van der Waals surface area (Å²) in [5.41, 5.74) is 2.14. The molecule has 0 amide bonds. The standard InChI is InChI=1S/C11H14O4.C9H10O3.C4H10O.C2H4O.BF3/c1-14-11(13)10-4-2-9(3-5-10)8-15-7-6-12;1-12-9(11)8-4-2-7(6-10)3-5-8;1-3-5-4-2;1-2-3-1;2-1(3)4/h2-5,12H,6-8H2,1H3;2-5,10H,6H2,1H3;3-4H2,1-2H3;1-2H2;/i6D2,7D2;;;1D2,2D2;. The summed E-state index contributed by atoms with van der Waals surface area (Å²) in [4.78, 5) is 22.1. The first-order valence-electron chi connectivity index (χ1n) is 15.1. The Morgan fingerprint density at radius 2 is 1.26 bits per heavy atom. The maximum absolute atomic E-state index is 11.2. The second-order valence-electron chi connectivity index (χ2n) is 6.37. The van der Waals surface area contributed by atoms with Crippen molar-refractivity contribution in [2.45, 2.75) is 27.1 Å². The topological polar surface area (TPSA) is 124 Å². The van der Waals surface area contributed by atoms with Crippen molar-refractivity contribution in [2.24, 2.45) is 0 Å². The van der Waals surface area contributed by atoms with E-state index in [9.17, 15) is 22.5 Å². The molecule has 2 aromatic rings. The van der Waals surface area contributed by atoms with E-state index in [0.717, 1.165) is 18.8 Å². The largest absolute Gasteiger partial charge is 0.762 e. The third kappa shape index (κ3) is 25.1. The van der Waals surface area contributed by atoms with Crippen LogP contribution in [-0.2, 0) is 36.9 Å². The van der Waals surface area contributed by atoms with Gasteiger partial charge in [-0.2, -0.15) is 0 Å². The first kappa shape index (κ1) is 25.0. The van der Waals surface area contributed by atoms with E-state index >= 15 is 0 Å². The van der Waals surface area contributed by atoms with Gasteiger partial charge in [0, 0.05) is 13.2 Å². The molecule has 0 aromatic heterocycles. The zero-order valence-corrected chi connectivity index (χ0v) is 21.9. The molecule has 0 atom stereocenters. The molecule has 1 saturated heterocycles. The molecule has 1 heterocycles. The lowest BCUT2D eigenvalue weighted by molar-refractivity contribution is 0.0591. The smallest absolute Gasteiger partial charge is 0.465 e. The number of aliphatic hydroxyl groups is 2. The van der Waals surface area contributed by atoms with Gasteiger partial charge in [-0.25, -0.2) is 9.59 Å². The number of hydrogen-bond acceptors (Lipinski definition) is 9. The van der Waals surface area contributed by atoms with Crippen molar-refractivity contribution in [3.05, 3.63) is 70.8 Å². The monoisotopic (exact) mass is 570 g/mol. The molecule has 0 radical (unpaired) electrons. The Morgan fingerprint density at radius 3 is 1.51 bits per heavy atom. The molecular formula is C26H38BF3O9. The Balaban J connectivity index is 0. The van der Waals surface area contributed by atoms with E-state index in [1.807, 2.05) is 13.8 Å². The summed E-state index contributed by atoms with van der Waals surface area (Å²) in [6.45, 7) is -4.55. The maximum atomic E-state index is 11.2. The van der Waals surface area contributed by atoms with Gasteiger partial charge in [-0.05, 0) is 49.2 Å². The molecule has 2 aromatic carbocycles. The fourth-order valence-corrected chi connectivity index (χ4v) is 2.07. The molecule has 3 rings (SSSR count). The fourth-order valence-electron chi connectivity index (χ4n) is 2.07. The minimum Gasteiger partial charge on any atom is -0.465 e. The summed E-state index contributed by atoms with van der Waals surface area (Å²) in [5.74, 6) is -0.853. The van der Waals surface area contributed by atoms with E-state index in [1.165, 1.54) is 38.5 Å². The van der Waals surface area contributed by atoms with Crippen molar-refractivity contribution in [3.63, 3.8) is 0 Å². The molecule has 1 aliphatic rings. The average Bonchev–Trinajstić information content (AvgIpc) is 3.48. The highest BCUT2D eigenvalue weighted by molar-refractivity contribution is 6.33. The lowest BCUT2D eigenvalue weighted by atomic mass is 10.1. The van der Waals surface area contributed by atoms with Crippen molar-refractivity contribution in [3.8, 4) is 0 Å². The van der Waals surface area contributed by atoms with Crippen LogP contribution in [0.3, 0.4) is 0 Å². The number of benzene rings is 2. The van der Waals surface area contributed by atoms with E-state index in [0.29, 0.717) is 16.7 Å². The zero-order valence-electron chi connectivity index (χ0n) is 29.9. The quantitative estimate of drug-likeness (QED) is 0.263. The van der Waals surface area contributed by atoms with Gasteiger partial charge in [-0.15, -0.1) is 0 Å². The van der Waals surface area contributed by atoms with Gasteiger partial charge in [0.1, 0.15) is 0 Å². The van der Waals surface area contributed by atoms with Crippen molar-refractivity contribution >= 4 is 19.5 Å². The van der Waals surface area contributed by atoms with Crippen molar-refractivity contribution in [1.29, 1.82) is 0 Å². The van der Waals surface area contributed by atoms with Gasteiger partial charge in [0.15, 0.2) is 0 Å². The summed E-state index contributed by atoms with van der Waals surface area (Å²) in [6, 6.07) is 12.6. The van der Waals surface area contributed by atoms with Crippen LogP contribution >= 0.6 is 0 Å². The second-order valence-corrected chi connectivity index (χ2v) is 6.37. The number of aliphatic hydroxyl groups excluding tert-OH is 1. The Kier molecular flexibility index (Phi) is 17.1.